The lowest BCUT2D eigenvalue weighted by atomic mass is 9.72. The highest BCUT2D eigenvalue weighted by Gasteiger charge is 2.45. The lowest BCUT2D eigenvalue weighted by molar-refractivity contribution is -0.384. The number of aromatic nitrogens is 2. The number of amides is 5. The molecule has 0 bridgehead atoms. The molecule has 6 aromatic rings. The number of H-pyrrole nitrogens is 1. The zero-order valence-electron chi connectivity index (χ0n) is 50.2. The Bertz CT molecular complexity index is 3960. The Hall–Kier alpha value is -8.50. The molecule has 1 unspecified atom stereocenters. The molecule has 11 rings (SSSR count). The SMILES string of the molecule is CC1(C)CCC(CN2CCN(c3ccc(C(=O)NS(=O)(=O)c4ccc(NCC5CCN(CCOCCOCCC#Cc6cccc7c6C(=O)N(C6CCC(=O)NC6=O)C7=O)CC5)c([N+](=O)[O-])c4)c(Oc4cnc5[nH]ccc5c4)c3)CC2)=C(c2ccc(Cl)cc2)C1. The van der Waals surface area contributed by atoms with Crippen molar-refractivity contribution in [2.45, 2.75) is 76.2 Å². The van der Waals surface area contributed by atoms with Crippen molar-refractivity contribution in [3.63, 3.8) is 0 Å². The first-order chi connectivity index (χ1) is 43.4. The lowest BCUT2D eigenvalue weighted by Crippen LogP contribution is -2.54. The number of hydrogen-bond acceptors (Lipinski definition) is 17. The summed E-state index contributed by atoms with van der Waals surface area (Å²) in [4.78, 5) is 91.4. The molecule has 90 heavy (non-hydrogen) atoms. The van der Waals surface area contributed by atoms with Crippen molar-refractivity contribution in [3.05, 3.63) is 152 Å². The van der Waals surface area contributed by atoms with Crippen LogP contribution in [0.3, 0.4) is 0 Å². The van der Waals surface area contributed by atoms with Gasteiger partial charge in [0.15, 0.2) is 0 Å². The average molecular weight is 1260 g/mol. The van der Waals surface area contributed by atoms with Crippen molar-refractivity contribution in [2.24, 2.45) is 11.3 Å². The van der Waals surface area contributed by atoms with Crippen molar-refractivity contribution in [1.82, 2.24) is 34.7 Å². The maximum atomic E-state index is 14.2. The molecule has 6 heterocycles. The number of nitrogens with one attached hydrogen (secondary N) is 4. The van der Waals surface area contributed by atoms with Crippen LogP contribution in [0, 0.1) is 33.3 Å². The fourth-order valence-corrected chi connectivity index (χ4v) is 13.4. The molecule has 3 fully saturated rings. The number of carbonyl (C=O) groups excluding carboxylic acids is 5. The molecule has 470 valence electrons. The zero-order chi connectivity index (χ0) is 63.1. The summed E-state index contributed by atoms with van der Waals surface area (Å²) in [6.07, 6.45) is 8.51. The number of carbonyl (C=O) groups is 5. The number of benzene rings is 4. The summed E-state index contributed by atoms with van der Waals surface area (Å²) in [6, 6.07) is 24.1. The van der Waals surface area contributed by atoms with Crippen LogP contribution in [0.1, 0.15) is 107 Å². The smallest absolute Gasteiger partial charge is 0.293 e. The largest absolute Gasteiger partial charge is 0.455 e. The van der Waals surface area contributed by atoms with Gasteiger partial charge in [-0.3, -0.25) is 49.2 Å². The number of aromatic amines is 1. The maximum absolute atomic E-state index is 14.2. The average Bonchev–Trinajstić information content (AvgIpc) is 1.72. The van der Waals surface area contributed by atoms with Gasteiger partial charge in [-0.1, -0.05) is 61.1 Å². The van der Waals surface area contributed by atoms with Crippen molar-refractivity contribution >= 4 is 84.8 Å². The Morgan fingerprint density at radius 1 is 0.867 bits per heavy atom. The molecule has 5 amide bonds. The number of nitro groups is 1. The molecule has 4 aliphatic heterocycles. The van der Waals surface area contributed by atoms with E-state index in [0.717, 1.165) is 86.9 Å². The summed E-state index contributed by atoms with van der Waals surface area (Å²) < 4.78 is 48.0. The Morgan fingerprint density at radius 3 is 2.41 bits per heavy atom. The monoisotopic (exact) mass is 1260 g/mol. The molecule has 2 aromatic heterocycles. The first-order valence-electron chi connectivity index (χ1n) is 30.4. The highest BCUT2D eigenvalue weighted by molar-refractivity contribution is 7.90. The summed E-state index contributed by atoms with van der Waals surface area (Å²) in [7, 11) is -4.64. The van der Waals surface area contributed by atoms with E-state index >= 15 is 0 Å². The first kappa shape index (κ1) is 63.1. The molecule has 3 saturated heterocycles. The van der Waals surface area contributed by atoms with Crippen LogP contribution in [-0.4, -0.2) is 159 Å². The van der Waals surface area contributed by atoms with Crippen LogP contribution in [0.2, 0.25) is 5.02 Å². The molecule has 0 radical (unpaired) electrons. The molecule has 24 heteroatoms. The summed E-state index contributed by atoms with van der Waals surface area (Å²) in [5, 5.41) is 19.3. The fraction of sp³-hybridized carbons (Fsp3) is 0.394. The van der Waals surface area contributed by atoms with Gasteiger partial charge in [-0.05, 0) is 135 Å². The molecule has 0 spiro atoms. The number of ether oxygens (including phenoxy) is 3. The number of anilines is 2. The van der Waals surface area contributed by atoms with Gasteiger partial charge < -0.3 is 34.3 Å². The van der Waals surface area contributed by atoms with Crippen LogP contribution in [0.25, 0.3) is 16.6 Å². The van der Waals surface area contributed by atoms with E-state index in [0.29, 0.717) is 81.0 Å². The van der Waals surface area contributed by atoms with Gasteiger partial charge in [0.2, 0.25) is 11.8 Å². The van der Waals surface area contributed by atoms with Gasteiger partial charge in [0, 0.05) is 98.6 Å². The van der Waals surface area contributed by atoms with Crippen LogP contribution in [0.4, 0.5) is 17.1 Å². The van der Waals surface area contributed by atoms with Gasteiger partial charge in [0.1, 0.15) is 28.9 Å². The maximum Gasteiger partial charge on any atom is 0.293 e. The summed E-state index contributed by atoms with van der Waals surface area (Å²) in [6.45, 7) is 12.7. The Kier molecular flexibility index (Phi) is 19.4. The number of imide groups is 2. The fourth-order valence-electron chi connectivity index (χ4n) is 12.3. The van der Waals surface area contributed by atoms with Gasteiger partial charge in [0.25, 0.3) is 33.4 Å². The molecular formula is C66H71ClN10O12S. The number of pyridine rings is 1. The number of hydrogen-bond donors (Lipinski definition) is 4. The summed E-state index contributed by atoms with van der Waals surface area (Å²) in [5.74, 6) is 3.28. The third kappa shape index (κ3) is 14.9. The van der Waals surface area contributed by atoms with Crippen LogP contribution in [0.15, 0.2) is 114 Å². The molecule has 22 nitrogen and oxygen atoms in total. The number of piperidine rings is 2. The Labute approximate surface area is 526 Å². The minimum atomic E-state index is -4.64. The summed E-state index contributed by atoms with van der Waals surface area (Å²) >= 11 is 6.27. The van der Waals surface area contributed by atoms with E-state index in [9.17, 15) is 42.5 Å². The molecule has 1 atom stereocenters. The second-order valence-corrected chi connectivity index (χ2v) is 26.2. The standard InChI is InChI=1S/C66H71ClN10O12S/c1-66(2)23-19-47(54(39-66)44-9-11-48(67)12-10-44)42-74-27-29-75(30-28-74)49-13-15-52(58(37-49)89-50-36-46-20-24-68-61(46)70-41-50)62(79)72-90(85,86)51-14-16-55(57(38-51)77(83)84)69-40-43-21-25-73(26-22-43)31-33-88-35-34-87-32-4-3-6-45-7-5-8-53-60(45)65(82)76(64(53)81)56-17-18-59(78)71-63(56)80/h5,7-16,20,24,36-38,41,43,56,69H,4,17-19,21-23,25-35,39-40,42H2,1-2H3,(H,68,70)(H,72,79)(H,71,78,80). The van der Waals surface area contributed by atoms with Gasteiger partial charge in [-0.2, -0.15) is 0 Å². The number of halogens is 1. The third-order valence-electron chi connectivity index (χ3n) is 17.3. The Morgan fingerprint density at radius 2 is 1.64 bits per heavy atom. The number of fused-ring (bicyclic) bond motifs is 2. The first-order valence-corrected chi connectivity index (χ1v) is 32.2. The van der Waals surface area contributed by atoms with Crippen LogP contribution < -0.4 is 25.0 Å². The predicted molar refractivity (Wildman–Crippen MR) is 339 cm³/mol. The minimum Gasteiger partial charge on any atom is -0.455 e. The number of likely N-dealkylation sites (tertiary alicyclic amines) is 1. The molecule has 4 N–H and O–H groups in total. The molecule has 4 aromatic carbocycles. The van der Waals surface area contributed by atoms with Crippen molar-refractivity contribution in [2.75, 3.05) is 95.5 Å². The molecule has 0 saturated carbocycles. The van der Waals surface area contributed by atoms with Gasteiger partial charge in [-0.25, -0.2) is 18.1 Å². The van der Waals surface area contributed by atoms with Gasteiger partial charge >= 0.3 is 0 Å². The van der Waals surface area contributed by atoms with Gasteiger partial charge in [0.05, 0.1) is 59.1 Å². The van der Waals surface area contributed by atoms with E-state index in [2.05, 4.69) is 77.8 Å². The van der Waals surface area contributed by atoms with E-state index in [1.807, 2.05) is 18.2 Å². The normalized spacial score (nSPS) is 18.3. The number of allylic oxidation sites excluding steroid dienone is 1. The van der Waals surface area contributed by atoms with Crippen molar-refractivity contribution in [3.8, 4) is 23.3 Å². The van der Waals surface area contributed by atoms with Crippen LogP contribution in [0.5, 0.6) is 11.5 Å². The van der Waals surface area contributed by atoms with E-state index in [1.54, 1.807) is 36.5 Å². The summed E-state index contributed by atoms with van der Waals surface area (Å²) in [5.41, 5.74) is 6.01. The predicted octanol–water partition coefficient (Wildman–Crippen LogP) is 8.82. The number of sulfonamides is 1. The highest BCUT2D eigenvalue weighted by atomic mass is 35.5. The number of nitro benzene ring substituents is 1. The second kappa shape index (κ2) is 27.7. The molecule has 1 aliphatic carbocycles. The number of piperazine rings is 1. The van der Waals surface area contributed by atoms with E-state index < -0.39 is 61.1 Å². The zero-order valence-corrected chi connectivity index (χ0v) is 51.8. The molecular weight excluding hydrogens is 1190 g/mol. The minimum absolute atomic E-state index is 0.0322. The second-order valence-electron chi connectivity index (χ2n) is 24.1. The highest BCUT2D eigenvalue weighted by Crippen LogP contribution is 2.44. The topological polar surface area (TPSA) is 268 Å². The number of rotatable bonds is 22. The van der Waals surface area contributed by atoms with E-state index in [-0.39, 0.29) is 52.3 Å². The van der Waals surface area contributed by atoms with Crippen molar-refractivity contribution in [1.29, 1.82) is 0 Å². The van der Waals surface area contributed by atoms with Crippen molar-refractivity contribution < 1.29 is 51.5 Å². The van der Waals surface area contributed by atoms with Gasteiger partial charge in [-0.15, -0.1) is 0 Å². The quantitative estimate of drug-likeness (QED) is 0.0162. The van der Waals surface area contributed by atoms with Crippen LogP contribution in [-0.2, 0) is 29.1 Å². The van der Waals surface area contributed by atoms with Crippen LogP contribution >= 0.6 is 11.6 Å². The third-order valence-corrected chi connectivity index (χ3v) is 18.9. The lowest BCUT2D eigenvalue weighted by Gasteiger charge is -2.39. The van der Waals surface area contributed by atoms with E-state index in [4.69, 9.17) is 25.8 Å². The Balaban J connectivity index is 0.636. The molecule has 5 aliphatic rings. The number of nitrogens with zero attached hydrogens (tertiary/aromatic N) is 6. The van der Waals surface area contributed by atoms with E-state index in [1.165, 1.54) is 47.2 Å².